The maximum absolute atomic E-state index is 10.6. The number of carbonyl (C=O) groups is 1. The highest BCUT2D eigenvalue weighted by Crippen LogP contribution is 2.36. The molecule has 5 rings (SSSR count). The number of nitrogens with zero attached hydrogens (tertiary/aromatic N) is 6. The summed E-state index contributed by atoms with van der Waals surface area (Å²) in [5, 5.41) is 18.3. The monoisotopic (exact) mass is 601 g/mol. The van der Waals surface area contributed by atoms with E-state index in [4.69, 9.17) is 35.0 Å². The van der Waals surface area contributed by atoms with Crippen LogP contribution in [0.1, 0.15) is 25.6 Å². The van der Waals surface area contributed by atoms with Gasteiger partial charge < -0.3 is 30.4 Å². The second kappa shape index (κ2) is 14.3. The molecular formula is C27H30F3N9O4. The average molecular weight is 602 g/mol. The number of nitrogens with two attached hydrogens (primary N) is 1. The predicted octanol–water partition coefficient (Wildman–Crippen LogP) is 4.10. The molecule has 5 N–H and O–H groups in total. The lowest BCUT2D eigenvalue weighted by atomic mass is 10.1. The van der Waals surface area contributed by atoms with Crippen molar-refractivity contribution in [3.05, 3.63) is 54.7 Å². The van der Waals surface area contributed by atoms with Crippen LogP contribution in [0.3, 0.4) is 0 Å². The minimum atomic E-state index is -5.08. The van der Waals surface area contributed by atoms with Gasteiger partial charge in [0.15, 0.2) is 23.1 Å². The van der Waals surface area contributed by atoms with Gasteiger partial charge >= 0.3 is 12.1 Å². The molecule has 228 valence electrons. The Kier molecular flexibility index (Phi) is 10.3. The molecule has 0 bridgehead atoms. The number of aryl methyl sites for hydroxylation is 1. The largest absolute Gasteiger partial charge is 0.490 e. The summed E-state index contributed by atoms with van der Waals surface area (Å²) in [4.78, 5) is 25.9. The topological polar surface area (TPSA) is 183 Å². The number of anilines is 1. The summed E-state index contributed by atoms with van der Waals surface area (Å²) in [6, 6.07) is 9.96. The molecule has 0 aliphatic heterocycles. The fourth-order valence-electron chi connectivity index (χ4n) is 4.17. The van der Waals surface area contributed by atoms with Gasteiger partial charge in [-0.1, -0.05) is 30.3 Å². The number of carboxylic acid groups (broad SMARTS) is 1. The van der Waals surface area contributed by atoms with Crippen LogP contribution >= 0.6 is 0 Å². The summed E-state index contributed by atoms with van der Waals surface area (Å²) in [5.74, 6) is -0.326. The van der Waals surface area contributed by atoms with Crippen LogP contribution in [-0.4, -0.2) is 71.8 Å². The van der Waals surface area contributed by atoms with Crippen LogP contribution in [0, 0.1) is 0 Å². The van der Waals surface area contributed by atoms with Crippen LogP contribution in [0.5, 0.6) is 5.75 Å². The molecule has 0 aliphatic carbocycles. The lowest BCUT2D eigenvalue weighted by molar-refractivity contribution is -0.192. The maximum atomic E-state index is 10.6. The van der Waals surface area contributed by atoms with Gasteiger partial charge in [0.1, 0.15) is 16.9 Å². The maximum Gasteiger partial charge on any atom is 0.490 e. The van der Waals surface area contributed by atoms with E-state index in [1.807, 2.05) is 48.0 Å². The number of H-pyrrole nitrogens is 1. The number of aromatic amines is 1. The Labute approximate surface area is 243 Å². The summed E-state index contributed by atoms with van der Waals surface area (Å²) < 4.78 is 44.8. The third-order valence-corrected chi connectivity index (χ3v) is 6.17. The minimum absolute atomic E-state index is 0.191. The average Bonchev–Trinajstić information content (AvgIpc) is 3.74. The molecule has 5 aromatic rings. The van der Waals surface area contributed by atoms with E-state index in [0.29, 0.717) is 30.4 Å². The van der Waals surface area contributed by atoms with Crippen molar-refractivity contribution in [2.24, 2.45) is 0 Å². The van der Waals surface area contributed by atoms with Crippen LogP contribution in [0.25, 0.3) is 33.8 Å². The van der Waals surface area contributed by atoms with Gasteiger partial charge in [-0.05, 0) is 36.6 Å². The molecular weight excluding hydrogens is 571 g/mol. The molecule has 0 aliphatic rings. The zero-order valence-corrected chi connectivity index (χ0v) is 23.1. The molecule has 0 atom stereocenters. The number of halogens is 3. The van der Waals surface area contributed by atoms with E-state index in [1.54, 1.807) is 12.4 Å². The molecule has 4 aromatic heterocycles. The molecule has 1 aromatic carbocycles. The number of benzene rings is 1. The van der Waals surface area contributed by atoms with Crippen LogP contribution in [0.2, 0.25) is 0 Å². The summed E-state index contributed by atoms with van der Waals surface area (Å²) in [6.07, 6.45) is 3.09. The lowest BCUT2D eigenvalue weighted by Crippen LogP contribution is -2.21. The fraction of sp³-hybridized carbons (Fsp3) is 0.333. The van der Waals surface area contributed by atoms with E-state index in [-0.39, 0.29) is 5.82 Å². The summed E-state index contributed by atoms with van der Waals surface area (Å²) >= 11 is 0. The Morgan fingerprint density at radius 2 is 1.91 bits per heavy atom. The number of hydrogen-bond acceptors (Lipinski definition) is 10. The lowest BCUT2D eigenvalue weighted by Gasteiger charge is -2.12. The normalized spacial score (nSPS) is 11.3. The number of unbranched alkanes of at least 4 members (excludes halogenated alkanes) is 1. The number of ether oxygens (including phenoxy) is 1. The third kappa shape index (κ3) is 7.85. The summed E-state index contributed by atoms with van der Waals surface area (Å²) in [7, 11) is 0. The van der Waals surface area contributed by atoms with E-state index < -0.39 is 12.1 Å². The number of aromatic nitrogens is 7. The number of carboxylic acids is 1. The Balaban J connectivity index is 0.000000541. The number of pyridine rings is 1. The molecule has 16 heteroatoms. The van der Waals surface area contributed by atoms with Gasteiger partial charge in [0.25, 0.3) is 0 Å². The molecule has 43 heavy (non-hydrogen) atoms. The van der Waals surface area contributed by atoms with E-state index in [0.717, 1.165) is 60.5 Å². The van der Waals surface area contributed by atoms with Gasteiger partial charge in [-0.25, -0.2) is 24.4 Å². The zero-order chi connectivity index (χ0) is 30.8. The van der Waals surface area contributed by atoms with Crippen LogP contribution < -0.4 is 15.8 Å². The molecule has 4 heterocycles. The number of aliphatic carboxylic acids is 1. The van der Waals surface area contributed by atoms with Crippen molar-refractivity contribution in [1.29, 1.82) is 0 Å². The molecule has 13 nitrogen and oxygen atoms in total. The molecule has 0 saturated carbocycles. The second-order valence-electron chi connectivity index (χ2n) is 9.11. The minimum Gasteiger partial charge on any atom is -0.490 e. The Morgan fingerprint density at radius 1 is 1.14 bits per heavy atom. The number of fused-ring (bicyclic) bond motifs is 1. The molecule has 0 unspecified atom stereocenters. The first kappa shape index (κ1) is 31.0. The molecule has 0 amide bonds. The molecule has 0 saturated heterocycles. The van der Waals surface area contributed by atoms with E-state index in [9.17, 15) is 13.2 Å². The zero-order valence-electron chi connectivity index (χ0n) is 23.1. The second-order valence-corrected chi connectivity index (χ2v) is 9.11. The van der Waals surface area contributed by atoms with Crippen molar-refractivity contribution in [3.8, 4) is 28.5 Å². The number of hydrogen-bond donors (Lipinski definition) is 4. The number of alkyl halides is 3. The number of rotatable bonds is 12. The van der Waals surface area contributed by atoms with Crippen LogP contribution in [0.4, 0.5) is 19.0 Å². The van der Waals surface area contributed by atoms with Gasteiger partial charge in [0, 0.05) is 37.5 Å². The third-order valence-electron chi connectivity index (χ3n) is 6.17. The van der Waals surface area contributed by atoms with Gasteiger partial charge in [0.2, 0.25) is 0 Å². The van der Waals surface area contributed by atoms with Gasteiger partial charge in [-0.15, -0.1) is 0 Å². The van der Waals surface area contributed by atoms with Crippen molar-refractivity contribution in [3.63, 3.8) is 0 Å². The summed E-state index contributed by atoms with van der Waals surface area (Å²) in [6.45, 7) is 5.04. The van der Waals surface area contributed by atoms with Crippen molar-refractivity contribution in [1.82, 2.24) is 40.1 Å². The first-order valence-corrected chi connectivity index (χ1v) is 13.4. The number of nitrogen functional groups attached to an aromatic ring is 1. The predicted molar refractivity (Wildman–Crippen MR) is 150 cm³/mol. The number of nitrogens with one attached hydrogen (secondary N) is 2. The van der Waals surface area contributed by atoms with Crippen molar-refractivity contribution < 1.29 is 32.4 Å². The first-order valence-electron chi connectivity index (χ1n) is 13.4. The molecule has 0 fully saturated rings. The van der Waals surface area contributed by atoms with E-state index in [1.165, 1.54) is 0 Å². The van der Waals surface area contributed by atoms with Crippen molar-refractivity contribution >= 4 is 22.8 Å². The Hall–Kier alpha value is -4.99. The van der Waals surface area contributed by atoms with Gasteiger partial charge in [-0.2, -0.15) is 13.2 Å². The van der Waals surface area contributed by atoms with E-state index >= 15 is 0 Å². The highest BCUT2D eigenvalue weighted by Gasteiger charge is 2.38. The highest BCUT2D eigenvalue weighted by molar-refractivity contribution is 5.95. The van der Waals surface area contributed by atoms with E-state index in [2.05, 4.69) is 25.6 Å². The number of imidazole rings is 2. The van der Waals surface area contributed by atoms with Crippen LogP contribution in [-0.2, 0) is 17.8 Å². The highest BCUT2D eigenvalue weighted by atomic mass is 19.4. The SMILES string of the molecule is CCn1c(-c2nonc2N)nc2c(-c3ccccc3)ncc(OCCCCNCCc3ncc[nH]3)c21.O=C(O)C(F)(F)F. The van der Waals surface area contributed by atoms with Crippen molar-refractivity contribution in [2.75, 3.05) is 25.4 Å². The standard InChI is InChI=1S/C25H29N9O2.C2HF3O2/c1-2-34-23-18(35-15-7-6-11-27-12-10-19-28-13-14-29-19)16-30-20(17-8-4-3-5-9-17)21(23)31-25(34)22-24(26)33-36-32-22;3-2(4,5)1(6)7/h3-5,8-9,13-14,16,27H,2,6-7,10-12,15H2,1H3,(H2,26,33)(H,28,29);(H,6,7). The van der Waals surface area contributed by atoms with Crippen molar-refractivity contribution in [2.45, 2.75) is 38.9 Å². The Morgan fingerprint density at radius 3 is 2.53 bits per heavy atom. The fourth-order valence-corrected chi connectivity index (χ4v) is 4.17. The smallest absolute Gasteiger partial charge is 0.490 e. The summed E-state index contributed by atoms with van der Waals surface area (Å²) in [5.41, 5.74) is 9.70. The molecule has 0 spiro atoms. The quantitative estimate of drug-likeness (QED) is 0.151. The van der Waals surface area contributed by atoms with Gasteiger partial charge in [-0.3, -0.25) is 0 Å². The molecule has 0 radical (unpaired) electrons. The Bertz CT molecular complexity index is 1600. The van der Waals surface area contributed by atoms with Gasteiger partial charge in [0.05, 0.1) is 18.5 Å². The van der Waals surface area contributed by atoms with Crippen LogP contribution in [0.15, 0.2) is 53.6 Å². The first-order chi connectivity index (χ1) is 20.7.